The average Bonchev–Trinajstić information content (AvgIpc) is 3.20. The maximum Gasteiger partial charge on any atom is 0.368 e. The van der Waals surface area contributed by atoms with E-state index in [1.165, 1.54) is 0 Å². The second-order valence-electron chi connectivity index (χ2n) is 7.45. The van der Waals surface area contributed by atoms with Gasteiger partial charge in [-0.3, -0.25) is 0 Å². The zero-order valence-electron chi connectivity index (χ0n) is 18.5. The van der Waals surface area contributed by atoms with Crippen molar-refractivity contribution >= 4 is 17.8 Å². The molecule has 166 valence electrons. The van der Waals surface area contributed by atoms with Crippen LogP contribution in [0.3, 0.4) is 0 Å². The van der Waals surface area contributed by atoms with E-state index in [0.29, 0.717) is 42.4 Å². The van der Waals surface area contributed by atoms with E-state index >= 15 is 0 Å². The summed E-state index contributed by atoms with van der Waals surface area (Å²) in [5, 5.41) is 3.99. The van der Waals surface area contributed by atoms with Crippen LogP contribution in [0.4, 0.5) is 0 Å². The lowest BCUT2D eigenvalue weighted by atomic mass is 9.99. The van der Waals surface area contributed by atoms with Crippen LogP contribution in [-0.2, 0) is 22.7 Å². The molecule has 0 spiro atoms. The Labute approximate surface area is 193 Å². The Morgan fingerprint density at radius 1 is 1.00 bits per heavy atom. The standard InChI is InChI=1S/C28H25NO4/c1-3-11-23-16-21(17-24-26(29-33-28(24)30)22-14-9-6-10-15-22)18-25(31-4-2)27(23)32-19-20-12-7-5-8-13-20/h3,5-10,12-18H,1,4,11,19H2,2H3/b24-17-. The quantitative estimate of drug-likeness (QED) is 0.242. The molecule has 33 heavy (non-hydrogen) atoms. The smallest absolute Gasteiger partial charge is 0.368 e. The number of carbonyl (C=O) groups is 1. The molecule has 1 aliphatic heterocycles. The third-order valence-electron chi connectivity index (χ3n) is 5.10. The summed E-state index contributed by atoms with van der Waals surface area (Å²) < 4.78 is 12.1. The second kappa shape index (κ2) is 10.5. The predicted octanol–water partition coefficient (Wildman–Crippen LogP) is 5.74. The highest BCUT2D eigenvalue weighted by Crippen LogP contribution is 2.36. The normalized spacial score (nSPS) is 14.0. The number of oxime groups is 1. The van der Waals surface area contributed by atoms with E-state index in [-0.39, 0.29) is 0 Å². The fourth-order valence-corrected chi connectivity index (χ4v) is 3.61. The van der Waals surface area contributed by atoms with Gasteiger partial charge in [-0.05, 0) is 42.7 Å². The summed E-state index contributed by atoms with van der Waals surface area (Å²) in [6.45, 7) is 6.71. The van der Waals surface area contributed by atoms with Gasteiger partial charge in [0.25, 0.3) is 0 Å². The van der Waals surface area contributed by atoms with Gasteiger partial charge in [0.05, 0.1) is 12.2 Å². The topological polar surface area (TPSA) is 57.1 Å². The zero-order valence-corrected chi connectivity index (χ0v) is 18.5. The second-order valence-corrected chi connectivity index (χ2v) is 7.45. The molecule has 5 heteroatoms. The monoisotopic (exact) mass is 439 g/mol. The Kier molecular flexibility index (Phi) is 7.00. The van der Waals surface area contributed by atoms with Crippen molar-refractivity contribution in [3.63, 3.8) is 0 Å². The first-order valence-corrected chi connectivity index (χ1v) is 10.8. The third kappa shape index (κ3) is 5.21. The van der Waals surface area contributed by atoms with Gasteiger partial charge in [-0.25, -0.2) is 4.79 Å². The molecule has 0 saturated heterocycles. The van der Waals surface area contributed by atoms with Gasteiger partial charge >= 0.3 is 5.97 Å². The van der Waals surface area contributed by atoms with Crippen LogP contribution >= 0.6 is 0 Å². The summed E-state index contributed by atoms with van der Waals surface area (Å²) in [5.74, 6) is 0.805. The molecule has 3 aromatic carbocycles. The summed E-state index contributed by atoms with van der Waals surface area (Å²) >= 11 is 0. The number of hydrogen-bond acceptors (Lipinski definition) is 5. The lowest BCUT2D eigenvalue weighted by Crippen LogP contribution is -2.07. The van der Waals surface area contributed by atoms with Crippen LogP contribution in [0.5, 0.6) is 11.5 Å². The van der Waals surface area contributed by atoms with Gasteiger partial charge in [0.2, 0.25) is 0 Å². The van der Waals surface area contributed by atoms with E-state index < -0.39 is 5.97 Å². The van der Waals surface area contributed by atoms with Crippen LogP contribution in [0.2, 0.25) is 0 Å². The number of rotatable bonds is 9. The molecule has 1 aliphatic rings. The van der Waals surface area contributed by atoms with E-state index in [9.17, 15) is 4.79 Å². The van der Waals surface area contributed by atoms with Crippen LogP contribution in [0.25, 0.3) is 6.08 Å². The molecular formula is C28H25NO4. The fourth-order valence-electron chi connectivity index (χ4n) is 3.61. The summed E-state index contributed by atoms with van der Waals surface area (Å²) in [6.07, 6.45) is 4.18. The maximum absolute atomic E-state index is 12.4. The van der Waals surface area contributed by atoms with Crippen LogP contribution in [0.15, 0.2) is 96.2 Å². The number of nitrogens with zero attached hydrogens (tertiary/aromatic N) is 1. The highest BCUT2D eigenvalue weighted by atomic mass is 16.7. The van der Waals surface area contributed by atoms with Crippen molar-refractivity contribution in [2.24, 2.45) is 5.16 Å². The molecule has 0 amide bonds. The first kappa shape index (κ1) is 22.1. The predicted molar refractivity (Wildman–Crippen MR) is 129 cm³/mol. The van der Waals surface area contributed by atoms with Gasteiger partial charge in [-0.15, -0.1) is 6.58 Å². The van der Waals surface area contributed by atoms with Gasteiger partial charge in [0.1, 0.15) is 12.3 Å². The van der Waals surface area contributed by atoms with E-state index in [1.807, 2.05) is 85.8 Å². The Morgan fingerprint density at radius 2 is 1.73 bits per heavy atom. The molecule has 4 rings (SSSR count). The molecule has 0 radical (unpaired) electrons. The lowest BCUT2D eigenvalue weighted by molar-refractivity contribution is -0.136. The van der Waals surface area contributed by atoms with Crippen molar-refractivity contribution in [1.82, 2.24) is 0 Å². The Hall–Kier alpha value is -4.12. The van der Waals surface area contributed by atoms with E-state index in [2.05, 4.69) is 11.7 Å². The minimum atomic E-state index is -0.485. The average molecular weight is 440 g/mol. The molecule has 0 saturated carbocycles. The fraction of sp³-hybridized carbons (Fsp3) is 0.143. The molecule has 5 nitrogen and oxygen atoms in total. The van der Waals surface area contributed by atoms with Crippen LogP contribution in [-0.4, -0.2) is 18.3 Å². The number of hydrogen-bond donors (Lipinski definition) is 0. The van der Waals surface area contributed by atoms with E-state index in [4.69, 9.17) is 14.3 Å². The first-order valence-electron chi connectivity index (χ1n) is 10.8. The zero-order chi connectivity index (χ0) is 23.0. The van der Waals surface area contributed by atoms with Gasteiger partial charge in [-0.1, -0.05) is 71.9 Å². The molecule has 3 aromatic rings. The number of ether oxygens (including phenoxy) is 2. The van der Waals surface area contributed by atoms with E-state index in [1.54, 1.807) is 6.08 Å². The Morgan fingerprint density at radius 3 is 2.42 bits per heavy atom. The van der Waals surface area contributed by atoms with Gasteiger partial charge < -0.3 is 14.3 Å². The van der Waals surface area contributed by atoms with Crippen molar-refractivity contribution in [3.8, 4) is 11.5 Å². The van der Waals surface area contributed by atoms with Gasteiger partial charge in [0.15, 0.2) is 11.5 Å². The third-order valence-corrected chi connectivity index (χ3v) is 5.10. The molecule has 0 N–H and O–H groups in total. The van der Waals surface area contributed by atoms with Gasteiger partial charge in [-0.2, -0.15) is 0 Å². The molecule has 0 bridgehead atoms. The number of carbonyl (C=O) groups excluding carboxylic acids is 1. The molecule has 0 unspecified atom stereocenters. The summed E-state index contributed by atoms with van der Waals surface area (Å²) in [4.78, 5) is 17.4. The lowest BCUT2D eigenvalue weighted by Gasteiger charge is -2.17. The highest BCUT2D eigenvalue weighted by Gasteiger charge is 2.27. The largest absolute Gasteiger partial charge is 0.490 e. The van der Waals surface area contributed by atoms with Crippen molar-refractivity contribution in [2.75, 3.05) is 6.61 Å². The molecule has 0 aromatic heterocycles. The number of benzene rings is 3. The Balaban J connectivity index is 1.72. The molecule has 0 fully saturated rings. The molecule has 0 aliphatic carbocycles. The number of allylic oxidation sites excluding steroid dienone is 1. The minimum absolute atomic E-state index is 0.395. The minimum Gasteiger partial charge on any atom is -0.490 e. The highest BCUT2D eigenvalue weighted by molar-refractivity contribution is 6.31. The van der Waals surface area contributed by atoms with Gasteiger partial charge in [0, 0.05) is 11.1 Å². The summed E-state index contributed by atoms with van der Waals surface area (Å²) in [5.41, 5.74) is 4.49. The van der Waals surface area contributed by atoms with Crippen LogP contribution < -0.4 is 9.47 Å². The summed E-state index contributed by atoms with van der Waals surface area (Å²) in [7, 11) is 0. The van der Waals surface area contributed by atoms with E-state index in [0.717, 1.165) is 22.3 Å². The van der Waals surface area contributed by atoms with Crippen molar-refractivity contribution < 1.29 is 19.1 Å². The molecular weight excluding hydrogens is 414 g/mol. The van der Waals surface area contributed by atoms with Crippen molar-refractivity contribution in [1.29, 1.82) is 0 Å². The first-order chi connectivity index (χ1) is 16.2. The molecule has 1 heterocycles. The van der Waals surface area contributed by atoms with Crippen LogP contribution in [0, 0.1) is 0 Å². The Bertz CT molecular complexity index is 1200. The van der Waals surface area contributed by atoms with Crippen molar-refractivity contribution in [2.45, 2.75) is 20.0 Å². The van der Waals surface area contributed by atoms with Crippen LogP contribution in [0.1, 0.15) is 29.2 Å². The SMILES string of the molecule is C=CCc1cc(/C=C2\C(=O)ON=C2c2ccccc2)cc(OCC)c1OCc1ccccc1. The van der Waals surface area contributed by atoms with Crippen molar-refractivity contribution in [3.05, 3.63) is 113 Å². The summed E-state index contributed by atoms with van der Waals surface area (Å²) in [6, 6.07) is 23.3. The maximum atomic E-state index is 12.4. The molecule has 0 atom stereocenters.